The van der Waals surface area contributed by atoms with Gasteiger partial charge in [-0.2, -0.15) is 0 Å². The highest BCUT2D eigenvalue weighted by atomic mass is 31.1. The average Bonchev–Trinajstić information content (AvgIpc) is 2.92. The van der Waals surface area contributed by atoms with Crippen molar-refractivity contribution < 1.29 is 4.39 Å². The first-order valence-electron chi connectivity index (χ1n) is 13.3. The van der Waals surface area contributed by atoms with Crippen molar-refractivity contribution in [1.29, 1.82) is 5.41 Å². The first-order valence-corrected chi connectivity index (χ1v) is 14.8. The molecule has 4 nitrogen and oxygen atoms in total. The number of halogens is 1. The summed E-state index contributed by atoms with van der Waals surface area (Å²) in [5.74, 6) is 0.575. The third-order valence-corrected chi connectivity index (χ3v) is 8.55. The summed E-state index contributed by atoms with van der Waals surface area (Å²) in [6, 6.07) is 6.06. The molecule has 3 aliphatic rings. The number of nitrogens with one attached hydrogen (secondary N) is 3. The van der Waals surface area contributed by atoms with Gasteiger partial charge in [0.15, 0.2) is 0 Å². The molecule has 0 radical (unpaired) electrons. The Labute approximate surface area is 217 Å². The van der Waals surface area contributed by atoms with Gasteiger partial charge in [0.25, 0.3) is 0 Å². The van der Waals surface area contributed by atoms with Crippen LogP contribution in [0.4, 0.5) is 4.39 Å². The van der Waals surface area contributed by atoms with Crippen LogP contribution in [-0.4, -0.2) is 24.4 Å². The zero-order valence-corrected chi connectivity index (χ0v) is 22.5. The van der Waals surface area contributed by atoms with Crippen molar-refractivity contribution in [3.63, 3.8) is 0 Å². The van der Waals surface area contributed by atoms with E-state index in [0.29, 0.717) is 27.5 Å². The van der Waals surface area contributed by atoms with E-state index in [-0.39, 0.29) is 11.2 Å². The first kappa shape index (κ1) is 26.7. The molecule has 1 aromatic rings. The zero-order valence-electron chi connectivity index (χ0n) is 21.5. The van der Waals surface area contributed by atoms with Gasteiger partial charge in [0.1, 0.15) is 5.83 Å². The molecule has 1 saturated carbocycles. The van der Waals surface area contributed by atoms with Gasteiger partial charge in [0, 0.05) is 42.2 Å². The molecule has 2 unspecified atom stereocenters. The summed E-state index contributed by atoms with van der Waals surface area (Å²) in [6.07, 6.45) is 19.2. The van der Waals surface area contributed by atoms with Crippen molar-refractivity contribution in [1.82, 2.24) is 15.4 Å². The number of allylic oxidation sites excluding steroid dienone is 7. The van der Waals surface area contributed by atoms with Crippen molar-refractivity contribution in [2.75, 3.05) is 13.2 Å². The topological polar surface area (TPSA) is 60.8 Å². The van der Waals surface area contributed by atoms with E-state index in [1.165, 1.54) is 43.9 Å². The molecule has 0 spiro atoms. The van der Waals surface area contributed by atoms with Crippen LogP contribution in [0.3, 0.4) is 0 Å². The molecule has 1 heterocycles. The van der Waals surface area contributed by atoms with E-state index in [0.717, 1.165) is 54.0 Å². The van der Waals surface area contributed by atoms with Gasteiger partial charge in [-0.25, -0.2) is 4.39 Å². The van der Waals surface area contributed by atoms with E-state index in [1.807, 2.05) is 24.4 Å². The minimum Gasteiger partial charge on any atom is -0.359 e. The Morgan fingerprint density at radius 2 is 2.08 bits per heavy atom. The van der Waals surface area contributed by atoms with Crippen LogP contribution >= 0.6 is 8.73 Å². The smallest absolute Gasteiger partial charge is 0.100 e. The summed E-state index contributed by atoms with van der Waals surface area (Å²) < 4.78 is 13.6. The lowest BCUT2D eigenvalue weighted by Gasteiger charge is -2.44. The lowest BCUT2D eigenvalue weighted by molar-refractivity contribution is 0.261. The second kappa shape index (κ2) is 12.7. The van der Waals surface area contributed by atoms with Gasteiger partial charge in [-0.1, -0.05) is 59.1 Å². The summed E-state index contributed by atoms with van der Waals surface area (Å²) in [4.78, 5) is 4.71. The summed E-state index contributed by atoms with van der Waals surface area (Å²) >= 11 is 0. The predicted molar refractivity (Wildman–Crippen MR) is 152 cm³/mol. The molecule has 36 heavy (non-hydrogen) atoms. The van der Waals surface area contributed by atoms with Gasteiger partial charge in [-0.05, 0) is 79.8 Å². The highest BCUT2D eigenvalue weighted by molar-refractivity contribution is 7.34. The lowest BCUT2D eigenvalue weighted by atomic mass is 9.60. The van der Waals surface area contributed by atoms with E-state index in [1.54, 1.807) is 6.08 Å². The van der Waals surface area contributed by atoms with E-state index in [4.69, 9.17) is 10.4 Å². The summed E-state index contributed by atoms with van der Waals surface area (Å²) in [7, 11) is 0.697. The normalized spacial score (nSPS) is 23.3. The molecule has 3 N–H and O–H groups in total. The molecular weight excluding hydrogens is 466 g/mol. The largest absolute Gasteiger partial charge is 0.359 e. The van der Waals surface area contributed by atoms with Crippen LogP contribution in [0.5, 0.6) is 0 Å². The number of rotatable bonds is 11. The van der Waals surface area contributed by atoms with Crippen molar-refractivity contribution in [3.8, 4) is 0 Å². The quantitative estimate of drug-likeness (QED) is 0.164. The van der Waals surface area contributed by atoms with Crippen LogP contribution in [0.15, 0.2) is 77.6 Å². The maximum Gasteiger partial charge on any atom is 0.100 e. The highest BCUT2D eigenvalue weighted by Crippen LogP contribution is 2.54. The molecular formula is C30H40FN4P. The standard InChI is InChI=1S/C30H40FN4P/c1-22(28-10-6-7-16-33-28)30(19-23-8-4-3-5-9-23)20-24(21-32)29(18-25(30)15-17-34-36-2)35-27-13-11-26(31)12-14-27/h6-7,10-11,13,16,18,21,23,32,34-36H,1,3-5,8-9,12,14-15,17,19-20H2,2H3. The second-order valence-electron chi connectivity index (χ2n) is 10.3. The van der Waals surface area contributed by atoms with Gasteiger partial charge >= 0.3 is 0 Å². The minimum atomic E-state index is -0.264. The fraction of sp³-hybridized carbons (Fsp3) is 0.467. The Morgan fingerprint density at radius 1 is 1.25 bits per heavy atom. The minimum absolute atomic E-state index is 0.0775. The SMILES string of the molecule is C=C(c1ccccn1)C1(CC2CCCCC2)CC(C=N)=C(NC2=CC=C(F)CC2)C=C1CCNPC. The Kier molecular flexibility index (Phi) is 9.45. The molecule has 0 aromatic carbocycles. The Hall–Kier alpha value is -2.36. The molecule has 2 atom stereocenters. The van der Waals surface area contributed by atoms with Crippen LogP contribution in [0.2, 0.25) is 0 Å². The second-order valence-corrected chi connectivity index (χ2v) is 11.1. The Balaban J connectivity index is 1.76. The van der Waals surface area contributed by atoms with Crippen LogP contribution in [0, 0.1) is 16.7 Å². The van der Waals surface area contributed by atoms with E-state index >= 15 is 0 Å². The average molecular weight is 507 g/mol. The zero-order chi connectivity index (χ0) is 25.4. The molecule has 3 aliphatic carbocycles. The molecule has 0 amide bonds. The van der Waals surface area contributed by atoms with Crippen LogP contribution < -0.4 is 10.4 Å². The number of nitrogens with zero attached hydrogens (tertiary/aromatic N) is 1. The van der Waals surface area contributed by atoms with Gasteiger partial charge in [-0.15, -0.1) is 0 Å². The highest BCUT2D eigenvalue weighted by Gasteiger charge is 2.43. The van der Waals surface area contributed by atoms with Crippen molar-refractivity contribution >= 4 is 20.5 Å². The maximum absolute atomic E-state index is 13.6. The monoisotopic (exact) mass is 506 g/mol. The van der Waals surface area contributed by atoms with Gasteiger partial charge in [0.2, 0.25) is 0 Å². The van der Waals surface area contributed by atoms with Crippen molar-refractivity contribution in [2.45, 2.75) is 64.2 Å². The van der Waals surface area contributed by atoms with Crippen LogP contribution in [-0.2, 0) is 0 Å². The van der Waals surface area contributed by atoms with E-state index in [9.17, 15) is 4.39 Å². The molecule has 1 fully saturated rings. The number of aromatic nitrogens is 1. The lowest BCUT2D eigenvalue weighted by Crippen LogP contribution is -2.35. The fourth-order valence-corrected chi connectivity index (χ4v) is 6.38. The van der Waals surface area contributed by atoms with Crippen LogP contribution in [0.1, 0.15) is 69.9 Å². The summed E-state index contributed by atoms with van der Waals surface area (Å²) in [5, 5.41) is 15.5. The molecule has 6 heteroatoms. The third kappa shape index (κ3) is 6.30. The van der Waals surface area contributed by atoms with Gasteiger partial charge in [-0.3, -0.25) is 10.1 Å². The summed E-state index contributed by atoms with van der Waals surface area (Å²) in [5.41, 5.74) is 6.06. The summed E-state index contributed by atoms with van der Waals surface area (Å²) in [6.45, 7) is 7.76. The first-order chi connectivity index (χ1) is 17.6. The molecule has 4 rings (SSSR count). The third-order valence-electron chi connectivity index (χ3n) is 7.95. The maximum atomic E-state index is 13.6. The molecule has 0 bridgehead atoms. The van der Waals surface area contributed by atoms with Gasteiger partial charge < -0.3 is 10.7 Å². The van der Waals surface area contributed by atoms with E-state index in [2.05, 4.69) is 35.8 Å². The number of hydrogen-bond acceptors (Lipinski definition) is 4. The number of hydrogen-bond donors (Lipinski definition) is 3. The van der Waals surface area contributed by atoms with E-state index < -0.39 is 0 Å². The Morgan fingerprint density at radius 3 is 2.75 bits per heavy atom. The predicted octanol–water partition coefficient (Wildman–Crippen LogP) is 7.61. The molecule has 192 valence electrons. The molecule has 0 aliphatic heterocycles. The Bertz CT molecular complexity index is 1070. The van der Waals surface area contributed by atoms with Crippen molar-refractivity contribution in [3.05, 3.63) is 83.3 Å². The molecule has 1 aromatic heterocycles. The molecule has 0 saturated heterocycles. The van der Waals surface area contributed by atoms with Crippen LogP contribution in [0.25, 0.3) is 5.57 Å². The fourth-order valence-electron chi connectivity index (χ4n) is 6.00. The van der Waals surface area contributed by atoms with Crippen molar-refractivity contribution in [2.24, 2.45) is 11.3 Å². The number of pyridine rings is 1. The van der Waals surface area contributed by atoms with Gasteiger partial charge in [0.05, 0.1) is 5.69 Å².